The first kappa shape index (κ1) is 19.5. The van der Waals surface area contributed by atoms with Crippen LogP contribution in [-0.2, 0) is 5.75 Å². The van der Waals surface area contributed by atoms with Gasteiger partial charge in [-0.2, -0.15) is 0 Å². The van der Waals surface area contributed by atoms with Crippen LogP contribution in [-0.4, -0.2) is 33.5 Å². The Balaban J connectivity index is 1.43. The molecule has 0 aliphatic carbocycles. The summed E-state index contributed by atoms with van der Waals surface area (Å²) in [6, 6.07) is 15.8. The third-order valence-electron chi connectivity index (χ3n) is 4.10. The number of para-hydroxylation sites is 1. The first-order valence-corrected chi connectivity index (χ1v) is 11.0. The fraction of sp³-hybridized carbons (Fsp3) is 0.190. The van der Waals surface area contributed by atoms with Crippen LogP contribution in [0.5, 0.6) is 11.5 Å². The molecule has 4 aromatic rings. The summed E-state index contributed by atoms with van der Waals surface area (Å²) >= 11 is 3.18. The molecule has 0 fully saturated rings. The van der Waals surface area contributed by atoms with E-state index in [1.807, 2.05) is 55.5 Å². The molecule has 2 aromatic carbocycles. The molecule has 0 bridgehead atoms. The van der Waals surface area contributed by atoms with Gasteiger partial charge in [0, 0.05) is 16.7 Å². The van der Waals surface area contributed by atoms with E-state index in [1.165, 1.54) is 0 Å². The molecule has 4 rings (SSSR count). The summed E-state index contributed by atoms with van der Waals surface area (Å²) < 4.78 is 12.8. The topological polar surface area (TPSA) is 62.1 Å². The summed E-state index contributed by atoms with van der Waals surface area (Å²) in [5.74, 6) is 2.17. The SMILES string of the molecule is CCOc1ccc(-c2nc(CSc3ncn(-c4ccccc4)n3)cs2)cc1OC. The molecule has 0 atom stereocenters. The lowest BCUT2D eigenvalue weighted by Gasteiger charge is -2.09. The molecule has 0 amide bonds. The Hall–Kier alpha value is -2.84. The largest absolute Gasteiger partial charge is 0.493 e. The predicted octanol–water partition coefficient (Wildman–Crippen LogP) is 5.09. The number of ether oxygens (including phenoxy) is 2. The van der Waals surface area contributed by atoms with Crippen molar-refractivity contribution in [2.45, 2.75) is 17.8 Å². The molecule has 0 saturated heterocycles. The van der Waals surface area contributed by atoms with E-state index in [0.29, 0.717) is 18.1 Å². The van der Waals surface area contributed by atoms with E-state index in [9.17, 15) is 0 Å². The Bertz CT molecular complexity index is 1080. The van der Waals surface area contributed by atoms with E-state index in [1.54, 1.807) is 41.2 Å². The van der Waals surface area contributed by atoms with Gasteiger partial charge in [0.15, 0.2) is 11.5 Å². The molecular weight excluding hydrogens is 404 g/mol. The average molecular weight is 425 g/mol. The van der Waals surface area contributed by atoms with Crippen molar-refractivity contribution in [3.63, 3.8) is 0 Å². The lowest BCUT2D eigenvalue weighted by molar-refractivity contribution is 0.311. The second-order valence-electron chi connectivity index (χ2n) is 6.04. The van der Waals surface area contributed by atoms with Crippen molar-refractivity contribution >= 4 is 23.1 Å². The minimum Gasteiger partial charge on any atom is -0.493 e. The Morgan fingerprint density at radius 1 is 1.10 bits per heavy atom. The van der Waals surface area contributed by atoms with Crippen LogP contribution in [0.4, 0.5) is 0 Å². The van der Waals surface area contributed by atoms with Crippen LogP contribution in [0.15, 0.2) is 65.4 Å². The van der Waals surface area contributed by atoms with Gasteiger partial charge < -0.3 is 9.47 Å². The summed E-state index contributed by atoms with van der Waals surface area (Å²) in [6.07, 6.45) is 1.73. The van der Waals surface area contributed by atoms with Crippen LogP contribution in [0.2, 0.25) is 0 Å². The van der Waals surface area contributed by atoms with Crippen LogP contribution in [0.3, 0.4) is 0 Å². The molecule has 0 aliphatic heterocycles. The van der Waals surface area contributed by atoms with Gasteiger partial charge >= 0.3 is 0 Å². The van der Waals surface area contributed by atoms with Gasteiger partial charge in [0.25, 0.3) is 0 Å². The number of benzene rings is 2. The van der Waals surface area contributed by atoms with Crippen LogP contribution < -0.4 is 9.47 Å². The van der Waals surface area contributed by atoms with E-state index in [2.05, 4.69) is 15.5 Å². The van der Waals surface area contributed by atoms with Gasteiger partial charge in [-0.05, 0) is 37.3 Å². The second kappa shape index (κ2) is 9.11. The Morgan fingerprint density at radius 2 is 1.97 bits per heavy atom. The molecule has 2 heterocycles. The lowest BCUT2D eigenvalue weighted by atomic mass is 10.2. The third-order valence-corrected chi connectivity index (χ3v) is 5.93. The smallest absolute Gasteiger partial charge is 0.209 e. The highest BCUT2D eigenvalue weighted by atomic mass is 32.2. The van der Waals surface area contributed by atoms with Crippen LogP contribution in [0.25, 0.3) is 16.3 Å². The number of hydrogen-bond donors (Lipinski definition) is 0. The minimum atomic E-state index is 0.600. The second-order valence-corrected chi connectivity index (χ2v) is 7.84. The quantitative estimate of drug-likeness (QED) is 0.367. The maximum atomic E-state index is 5.58. The van der Waals surface area contributed by atoms with Crippen molar-refractivity contribution in [1.82, 2.24) is 19.7 Å². The summed E-state index contributed by atoms with van der Waals surface area (Å²) in [5, 5.41) is 8.27. The van der Waals surface area contributed by atoms with Gasteiger partial charge in [0.2, 0.25) is 5.16 Å². The van der Waals surface area contributed by atoms with Crippen molar-refractivity contribution in [1.29, 1.82) is 0 Å². The molecule has 148 valence electrons. The predicted molar refractivity (Wildman–Crippen MR) is 116 cm³/mol. The Kier molecular flexibility index (Phi) is 6.12. The Morgan fingerprint density at radius 3 is 2.76 bits per heavy atom. The number of thiazole rings is 1. The maximum absolute atomic E-state index is 5.58. The molecule has 2 aromatic heterocycles. The van der Waals surface area contributed by atoms with Crippen LogP contribution in [0, 0.1) is 0 Å². The molecule has 0 spiro atoms. The molecule has 0 unspecified atom stereocenters. The molecule has 29 heavy (non-hydrogen) atoms. The zero-order valence-corrected chi connectivity index (χ0v) is 17.7. The number of rotatable bonds is 8. The first-order chi connectivity index (χ1) is 14.3. The normalized spacial score (nSPS) is 10.8. The lowest BCUT2D eigenvalue weighted by Crippen LogP contribution is -1.95. The monoisotopic (exact) mass is 424 g/mol. The van der Waals surface area contributed by atoms with Gasteiger partial charge in [-0.25, -0.2) is 14.6 Å². The standard InChI is InChI=1S/C21H20N4O2S2/c1-3-27-18-10-9-15(11-19(18)26-2)20-23-16(12-28-20)13-29-21-22-14-25(24-21)17-7-5-4-6-8-17/h4-12,14H,3,13H2,1-2H3. The molecule has 6 nitrogen and oxygen atoms in total. The van der Waals surface area contributed by atoms with Gasteiger partial charge in [0.05, 0.1) is 25.1 Å². The van der Waals surface area contributed by atoms with Crippen molar-refractivity contribution in [3.8, 4) is 27.8 Å². The van der Waals surface area contributed by atoms with Gasteiger partial charge in [-0.15, -0.1) is 16.4 Å². The van der Waals surface area contributed by atoms with E-state index in [4.69, 9.17) is 14.5 Å². The van der Waals surface area contributed by atoms with Crippen molar-refractivity contribution in [2.24, 2.45) is 0 Å². The number of methoxy groups -OCH3 is 1. The van der Waals surface area contributed by atoms with Crippen molar-refractivity contribution < 1.29 is 9.47 Å². The molecule has 8 heteroatoms. The molecule has 0 N–H and O–H groups in total. The molecule has 0 radical (unpaired) electrons. The maximum Gasteiger partial charge on any atom is 0.209 e. The summed E-state index contributed by atoms with van der Waals surface area (Å²) in [4.78, 5) is 9.13. The highest BCUT2D eigenvalue weighted by Crippen LogP contribution is 2.34. The fourth-order valence-electron chi connectivity index (χ4n) is 2.74. The van der Waals surface area contributed by atoms with Crippen LogP contribution in [0.1, 0.15) is 12.6 Å². The Labute approximate surface area is 177 Å². The average Bonchev–Trinajstić information content (AvgIpc) is 3.43. The zero-order chi connectivity index (χ0) is 20.1. The minimum absolute atomic E-state index is 0.600. The highest BCUT2D eigenvalue weighted by molar-refractivity contribution is 7.98. The highest BCUT2D eigenvalue weighted by Gasteiger charge is 2.11. The van der Waals surface area contributed by atoms with Gasteiger partial charge in [-0.1, -0.05) is 30.0 Å². The molecule has 0 saturated carbocycles. The van der Waals surface area contributed by atoms with E-state index < -0.39 is 0 Å². The van der Waals surface area contributed by atoms with Crippen molar-refractivity contribution in [3.05, 3.63) is 65.9 Å². The number of hydrogen-bond acceptors (Lipinski definition) is 7. The summed E-state index contributed by atoms with van der Waals surface area (Å²) in [6.45, 7) is 2.55. The number of aromatic nitrogens is 4. The first-order valence-electron chi connectivity index (χ1n) is 9.12. The van der Waals surface area contributed by atoms with Crippen molar-refractivity contribution in [2.75, 3.05) is 13.7 Å². The van der Waals surface area contributed by atoms with Crippen LogP contribution >= 0.6 is 23.1 Å². The van der Waals surface area contributed by atoms with E-state index in [-0.39, 0.29) is 0 Å². The summed E-state index contributed by atoms with van der Waals surface area (Å²) in [7, 11) is 1.65. The third kappa shape index (κ3) is 4.60. The molecular formula is C21H20N4O2S2. The fourth-order valence-corrected chi connectivity index (χ4v) is 4.35. The summed E-state index contributed by atoms with van der Waals surface area (Å²) in [5.41, 5.74) is 3.00. The van der Waals surface area contributed by atoms with Gasteiger partial charge in [0.1, 0.15) is 11.3 Å². The van der Waals surface area contributed by atoms with Gasteiger partial charge in [-0.3, -0.25) is 0 Å². The molecule has 0 aliphatic rings. The number of thioether (sulfide) groups is 1. The van der Waals surface area contributed by atoms with E-state index in [0.717, 1.165) is 32.9 Å². The number of nitrogens with zero attached hydrogens (tertiary/aromatic N) is 4. The van der Waals surface area contributed by atoms with E-state index >= 15 is 0 Å². The zero-order valence-electron chi connectivity index (χ0n) is 16.1.